The van der Waals surface area contributed by atoms with Crippen molar-refractivity contribution in [2.45, 2.75) is 20.3 Å². The summed E-state index contributed by atoms with van der Waals surface area (Å²) in [6.45, 7) is 9.41. The number of hydrogen-bond acceptors (Lipinski definition) is 2. The number of carbonyl (C=O) groups excluding carboxylic acids is 1. The van der Waals surface area contributed by atoms with Crippen LogP contribution in [-0.4, -0.2) is 19.0 Å². The second kappa shape index (κ2) is 7.54. The van der Waals surface area contributed by atoms with Crippen LogP contribution in [0.2, 0.25) is 0 Å². The molecule has 0 fully saturated rings. The molecule has 0 saturated heterocycles. The van der Waals surface area contributed by atoms with E-state index in [1.807, 2.05) is 24.3 Å². The smallest absolute Gasteiger partial charge is 0.251 e. The molecule has 2 N–H and O–H groups in total. The van der Waals surface area contributed by atoms with E-state index in [1.54, 1.807) is 6.08 Å². The van der Waals surface area contributed by atoms with Gasteiger partial charge in [0.1, 0.15) is 0 Å². The number of rotatable bonds is 7. The van der Waals surface area contributed by atoms with Gasteiger partial charge < -0.3 is 10.6 Å². The predicted octanol–water partition coefficient (Wildman–Crippen LogP) is 3.06. The molecule has 0 heterocycles. The van der Waals surface area contributed by atoms with Crippen molar-refractivity contribution in [2.75, 3.05) is 18.4 Å². The molecule has 98 valence electrons. The lowest BCUT2D eigenvalue weighted by molar-refractivity contribution is 0.0958. The third-order valence-electron chi connectivity index (χ3n) is 2.91. The van der Waals surface area contributed by atoms with Gasteiger partial charge in [-0.25, -0.2) is 0 Å². The van der Waals surface area contributed by atoms with Gasteiger partial charge in [-0.15, -0.1) is 6.58 Å². The highest BCUT2D eigenvalue weighted by Crippen LogP contribution is 2.11. The van der Waals surface area contributed by atoms with Crippen LogP contribution in [0.4, 0.5) is 5.69 Å². The number of benzene rings is 1. The second-order valence-corrected chi connectivity index (χ2v) is 4.47. The maximum atomic E-state index is 11.6. The van der Waals surface area contributed by atoms with Crippen LogP contribution in [-0.2, 0) is 0 Å². The Bertz CT molecular complexity index is 384. The van der Waals surface area contributed by atoms with Crippen LogP contribution in [0, 0.1) is 5.92 Å². The molecule has 18 heavy (non-hydrogen) atoms. The lowest BCUT2D eigenvalue weighted by atomic mass is 10.1. The van der Waals surface area contributed by atoms with E-state index in [9.17, 15) is 4.79 Å². The summed E-state index contributed by atoms with van der Waals surface area (Å²) in [6, 6.07) is 7.53. The minimum Gasteiger partial charge on any atom is -0.385 e. The monoisotopic (exact) mass is 246 g/mol. The Morgan fingerprint density at radius 3 is 2.61 bits per heavy atom. The molecule has 0 aliphatic rings. The standard InChI is InChI=1S/C15H22N2O/c1-4-10-16-15(18)13-6-8-14(9-7-13)17-11-12(3)5-2/h4,6-9,12,17H,1,5,10-11H2,2-3H3,(H,16,18). The first-order valence-electron chi connectivity index (χ1n) is 6.40. The van der Waals surface area contributed by atoms with Gasteiger partial charge in [0.2, 0.25) is 0 Å². The molecule has 0 saturated carbocycles. The molecule has 1 aromatic rings. The predicted molar refractivity (Wildman–Crippen MR) is 76.9 cm³/mol. The summed E-state index contributed by atoms with van der Waals surface area (Å²) in [6.07, 6.45) is 2.83. The van der Waals surface area contributed by atoms with Gasteiger partial charge in [-0.05, 0) is 30.2 Å². The number of anilines is 1. The van der Waals surface area contributed by atoms with Crippen molar-refractivity contribution in [1.82, 2.24) is 5.32 Å². The van der Waals surface area contributed by atoms with E-state index in [0.717, 1.165) is 18.7 Å². The van der Waals surface area contributed by atoms with E-state index in [-0.39, 0.29) is 5.91 Å². The number of hydrogen-bond donors (Lipinski definition) is 2. The second-order valence-electron chi connectivity index (χ2n) is 4.47. The van der Waals surface area contributed by atoms with Gasteiger partial charge in [0.15, 0.2) is 0 Å². The molecule has 0 aromatic heterocycles. The molecule has 0 aliphatic heterocycles. The highest BCUT2D eigenvalue weighted by molar-refractivity contribution is 5.94. The number of amides is 1. The molecule has 1 amide bonds. The zero-order valence-corrected chi connectivity index (χ0v) is 11.2. The first-order valence-corrected chi connectivity index (χ1v) is 6.40. The first kappa shape index (κ1) is 14.3. The number of carbonyl (C=O) groups is 1. The molecule has 0 aliphatic carbocycles. The van der Waals surface area contributed by atoms with Crippen molar-refractivity contribution in [2.24, 2.45) is 5.92 Å². The third kappa shape index (κ3) is 4.62. The molecule has 1 atom stereocenters. The quantitative estimate of drug-likeness (QED) is 0.726. The van der Waals surface area contributed by atoms with Crippen LogP contribution in [0.5, 0.6) is 0 Å². The lowest BCUT2D eigenvalue weighted by Crippen LogP contribution is -2.23. The summed E-state index contributed by atoms with van der Waals surface area (Å²) in [4.78, 5) is 11.6. The molecule has 0 spiro atoms. The molecule has 1 rings (SSSR count). The van der Waals surface area contributed by atoms with E-state index >= 15 is 0 Å². The summed E-state index contributed by atoms with van der Waals surface area (Å²) < 4.78 is 0. The third-order valence-corrected chi connectivity index (χ3v) is 2.91. The summed E-state index contributed by atoms with van der Waals surface area (Å²) in [7, 11) is 0. The van der Waals surface area contributed by atoms with E-state index in [2.05, 4.69) is 31.1 Å². The van der Waals surface area contributed by atoms with Gasteiger partial charge in [0.05, 0.1) is 0 Å². The average molecular weight is 246 g/mol. The van der Waals surface area contributed by atoms with Crippen LogP contribution in [0.3, 0.4) is 0 Å². The molecular weight excluding hydrogens is 224 g/mol. The van der Waals surface area contributed by atoms with Crippen molar-refractivity contribution in [3.05, 3.63) is 42.5 Å². The Morgan fingerprint density at radius 1 is 1.39 bits per heavy atom. The van der Waals surface area contributed by atoms with Crippen LogP contribution in [0.1, 0.15) is 30.6 Å². The van der Waals surface area contributed by atoms with E-state index in [4.69, 9.17) is 0 Å². The molecular formula is C15H22N2O. The SMILES string of the molecule is C=CCNC(=O)c1ccc(NCC(C)CC)cc1. The summed E-state index contributed by atoms with van der Waals surface area (Å²) >= 11 is 0. The van der Waals surface area contributed by atoms with Crippen LogP contribution in [0.15, 0.2) is 36.9 Å². The van der Waals surface area contributed by atoms with Gasteiger partial charge in [0, 0.05) is 24.3 Å². The van der Waals surface area contributed by atoms with Crippen molar-refractivity contribution < 1.29 is 4.79 Å². The van der Waals surface area contributed by atoms with Crippen LogP contribution in [0.25, 0.3) is 0 Å². The fraction of sp³-hybridized carbons (Fsp3) is 0.400. The molecule has 3 nitrogen and oxygen atoms in total. The van der Waals surface area contributed by atoms with E-state index in [0.29, 0.717) is 18.0 Å². The molecule has 3 heteroatoms. The minimum absolute atomic E-state index is 0.0663. The van der Waals surface area contributed by atoms with E-state index < -0.39 is 0 Å². The van der Waals surface area contributed by atoms with Crippen molar-refractivity contribution in [1.29, 1.82) is 0 Å². The Morgan fingerprint density at radius 2 is 2.06 bits per heavy atom. The van der Waals surface area contributed by atoms with Crippen LogP contribution >= 0.6 is 0 Å². The van der Waals surface area contributed by atoms with Gasteiger partial charge >= 0.3 is 0 Å². The van der Waals surface area contributed by atoms with Gasteiger partial charge in [-0.3, -0.25) is 4.79 Å². The van der Waals surface area contributed by atoms with Crippen molar-refractivity contribution in [3.8, 4) is 0 Å². The van der Waals surface area contributed by atoms with Gasteiger partial charge in [-0.1, -0.05) is 26.3 Å². The molecule has 1 unspecified atom stereocenters. The first-order chi connectivity index (χ1) is 8.67. The Kier molecular flexibility index (Phi) is 5.98. The Hall–Kier alpha value is -1.77. The fourth-order valence-corrected chi connectivity index (χ4v) is 1.44. The maximum absolute atomic E-state index is 11.6. The fourth-order valence-electron chi connectivity index (χ4n) is 1.44. The molecule has 0 radical (unpaired) electrons. The topological polar surface area (TPSA) is 41.1 Å². The highest BCUT2D eigenvalue weighted by atomic mass is 16.1. The van der Waals surface area contributed by atoms with Gasteiger partial charge in [0.25, 0.3) is 5.91 Å². The van der Waals surface area contributed by atoms with Crippen molar-refractivity contribution >= 4 is 11.6 Å². The minimum atomic E-state index is -0.0663. The zero-order chi connectivity index (χ0) is 13.4. The largest absolute Gasteiger partial charge is 0.385 e. The Balaban J connectivity index is 2.51. The average Bonchev–Trinajstić information content (AvgIpc) is 2.42. The van der Waals surface area contributed by atoms with Crippen LogP contribution < -0.4 is 10.6 Å². The Labute approximate surface area is 109 Å². The zero-order valence-electron chi connectivity index (χ0n) is 11.2. The van der Waals surface area contributed by atoms with E-state index in [1.165, 1.54) is 0 Å². The van der Waals surface area contributed by atoms with Crippen molar-refractivity contribution in [3.63, 3.8) is 0 Å². The maximum Gasteiger partial charge on any atom is 0.251 e. The normalized spacial score (nSPS) is 11.7. The highest BCUT2D eigenvalue weighted by Gasteiger charge is 2.04. The molecule has 0 bridgehead atoms. The number of nitrogens with one attached hydrogen (secondary N) is 2. The molecule has 1 aromatic carbocycles. The van der Waals surface area contributed by atoms with Gasteiger partial charge in [-0.2, -0.15) is 0 Å². The lowest BCUT2D eigenvalue weighted by Gasteiger charge is -2.11. The summed E-state index contributed by atoms with van der Waals surface area (Å²) in [5.41, 5.74) is 1.72. The summed E-state index contributed by atoms with van der Waals surface area (Å²) in [5.74, 6) is 0.587. The summed E-state index contributed by atoms with van der Waals surface area (Å²) in [5, 5.41) is 6.11.